The molecule has 1 atom stereocenters. The number of nitrogens with one attached hydrogen (secondary N) is 2. The van der Waals surface area contributed by atoms with Gasteiger partial charge in [0.1, 0.15) is 11.5 Å². The van der Waals surface area contributed by atoms with Gasteiger partial charge in [-0.2, -0.15) is 0 Å². The highest BCUT2D eigenvalue weighted by Gasteiger charge is 2.17. The molecule has 0 aliphatic carbocycles. The van der Waals surface area contributed by atoms with E-state index in [1.807, 2.05) is 20.8 Å². The molecule has 0 saturated carbocycles. The third-order valence-corrected chi connectivity index (χ3v) is 4.37. The molecule has 0 aliphatic heterocycles. The van der Waals surface area contributed by atoms with E-state index in [9.17, 15) is 9.59 Å². The summed E-state index contributed by atoms with van der Waals surface area (Å²) < 4.78 is 10.9. The van der Waals surface area contributed by atoms with Crippen molar-refractivity contribution in [2.75, 3.05) is 6.61 Å². The summed E-state index contributed by atoms with van der Waals surface area (Å²) in [5, 5.41) is 0. The van der Waals surface area contributed by atoms with Crippen molar-refractivity contribution in [3.63, 3.8) is 0 Å². The highest BCUT2D eigenvalue weighted by Crippen LogP contribution is 2.20. The van der Waals surface area contributed by atoms with Crippen LogP contribution in [-0.4, -0.2) is 24.5 Å². The highest BCUT2D eigenvalue weighted by molar-refractivity contribution is 7.12. The van der Waals surface area contributed by atoms with E-state index in [2.05, 4.69) is 10.9 Å². The molecule has 1 aromatic carbocycles. The molecule has 0 bridgehead atoms. The van der Waals surface area contributed by atoms with E-state index in [0.29, 0.717) is 17.9 Å². The molecule has 25 heavy (non-hydrogen) atoms. The van der Waals surface area contributed by atoms with Crippen LogP contribution in [0.5, 0.6) is 11.5 Å². The minimum atomic E-state index is -0.761. The first-order valence-corrected chi connectivity index (χ1v) is 8.79. The molecule has 7 heteroatoms. The number of carbonyl (C=O) groups excluding carboxylic acids is 2. The lowest BCUT2D eigenvalue weighted by molar-refractivity contribution is -0.128. The lowest BCUT2D eigenvalue weighted by Gasteiger charge is -2.15. The van der Waals surface area contributed by atoms with Gasteiger partial charge in [0.15, 0.2) is 6.10 Å². The minimum absolute atomic E-state index is 0.344. The van der Waals surface area contributed by atoms with E-state index in [4.69, 9.17) is 9.47 Å². The Kier molecular flexibility index (Phi) is 6.41. The summed E-state index contributed by atoms with van der Waals surface area (Å²) in [6.07, 6.45) is -0.761. The van der Waals surface area contributed by atoms with Crippen molar-refractivity contribution in [2.45, 2.75) is 33.8 Å². The molecule has 2 rings (SSSR count). The molecule has 1 aromatic heterocycles. The predicted octanol–water partition coefficient (Wildman–Crippen LogP) is 2.99. The third kappa shape index (κ3) is 5.22. The fourth-order valence-corrected chi connectivity index (χ4v) is 3.10. The van der Waals surface area contributed by atoms with Gasteiger partial charge in [0.25, 0.3) is 11.8 Å². The minimum Gasteiger partial charge on any atom is -0.494 e. The Morgan fingerprint density at radius 3 is 2.32 bits per heavy atom. The van der Waals surface area contributed by atoms with Crippen molar-refractivity contribution in [1.82, 2.24) is 10.9 Å². The average Bonchev–Trinajstić information content (AvgIpc) is 2.92. The Hall–Kier alpha value is -2.54. The highest BCUT2D eigenvalue weighted by atomic mass is 32.1. The fraction of sp³-hybridized carbons (Fsp3) is 0.333. The summed E-state index contributed by atoms with van der Waals surface area (Å²) >= 11 is 1.54. The van der Waals surface area contributed by atoms with Crippen LogP contribution in [0.15, 0.2) is 30.3 Å². The second-order valence-electron chi connectivity index (χ2n) is 5.43. The molecule has 2 N–H and O–H groups in total. The molecule has 0 aliphatic rings. The zero-order valence-corrected chi connectivity index (χ0v) is 15.5. The number of hydrogen-bond donors (Lipinski definition) is 2. The third-order valence-electron chi connectivity index (χ3n) is 3.40. The van der Waals surface area contributed by atoms with Gasteiger partial charge in [-0.1, -0.05) is 0 Å². The number of benzene rings is 1. The van der Waals surface area contributed by atoms with Crippen molar-refractivity contribution in [1.29, 1.82) is 0 Å². The molecule has 0 fully saturated rings. The molecule has 6 nitrogen and oxygen atoms in total. The van der Waals surface area contributed by atoms with Gasteiger partial charge in [-0.05, 0) is 58.0 Å². The van der Waals surface area contributed by atoms with E-state index < -0.39 is 12.0 Å². The van der Waals surface area contributed by atoms with Crippen LogP contribution in [0.25, 0.3) is 0 Å². The summed E-state index contributed by atoms with van der Waals surface area (Å²) in [6, 6.07) is 8.79. The smallest absolute Gasteiger partial charge is 0.279 e. The number of aryl methyl sites for hydroxylation is 2. The second-order valence-corrected chi connectivity index (χ2v) is 6.90. The average molecular weight is 362 g/mol. The van der Waals surface area contributed by atoms with Crippen molar-refractivity contribution in [3.8, 4) is 11.5 Å². The summed E-state index contributed by atoms with van der Waals surface area (Å²) in [5.41, 5.74) is 5.36. The standard InChI is InChI=1S/C18H22N2O4S/c1-5-23-14-6-8-15(9-7-14)24-12(3)17(21)19-20-18(22)16-10-11(2)25-13(16)4/h6-10,12H,5H2,1-4H3,(H,19,21)(H,20,22). The Morgan fingerprint density at radius 2 is 1.76 bits per heavy atom. The molecular weight excluding hydrogens is 340 g/mol. The van der Waals surface area contributed by atoms with Crippen LogP contribution in [-0.2, 0) is 4.79 Å². The summed E-state index contributed by atoms with van der Waals surface area (Å²) in [6.45, 7) is 7.90. The van der Waals surface area contributed by atoms with Gasteiger partial charge in [0.2, 0.25) is 0 Å². The lowest BCUT2D eigenvalue weighted by Crippen LogP contribution is -2.47. The van der Waals surface area contributed by atoms with Crippen LogP contribution < -0.4 is 20.3 Å². The van der Waals surface area contributed by atoms with E-state index in [1.54, 1.807) is 37.3 Å². The van der Waals surface area contributed by atoms with Crippen molar-refractivity contribution in [2.24, 2.45) is 0 Å². The largest absolute Gasteiger partial charge is 0.494 e. The number of hydrazine groups is 1. The normalized spacial score (nSPS) is 11.5. The van der Waals surface area contributed by atoms with Gasteiger partial charge in [-0.3, -0.25) is 20.4 Å². The number of ether oxygens (including phenoxy) is 2. The molecular formula is C18H22N2O4S. The fourth-order valence-electron chi connectivity index (χ4n) is 2.18. The van der Waals surface area contributed by atoms with Gasteiger partial charge < -0.3 is 9.47 Å². The van der Waals surface area contributed by atoms with Crippen LogP contribution in [0.1, 0.15) is 34.0 Å². The lowest BCUT2D eigenvalue weighted by atomic mass is 10.2. The Balaban J connectivity index is 1.85. The van der Waals surface area contributed by atoms with E-state index in [0.717, 1.165) is 15.5 Å². The monoisotopic (exact) mass is 362 g/mol. The molecule has 1 heterocycles. The molecule has 2 amide bonds. The first kappa shape index (κ1) is 18.8. The van der Waals surface area contributed by atoms with Crippen molar-refractivity contribution < 1.29 is 19.1 Å². The maximum Gasteiger partial charge on any atom is 0.279 e. The summed E-state index contributed by atoms with van der Waals surface area (Å²) in [4.78, 5) is 26.1. The maximum atomic E-state index is 12.1. The van der Waals surface area contributed by atoms with Crippen LogP contribution in [0, 0.1) is 13.8 Å². The first-order valence-electron chi connectivity index (χ1n) is 7.97. The van der Waals surface area contributed by atoms with Crippen LogP contribution >= 0.6 is 11.3 Å². The topological polar surface area (TPSA) is 76.7 Å². The van der Waals surface area contributed by atoms with Gasteiger partial charge in [0, 0.05) is 9.75 Å². The molecule has 134 valence electrons. The molecule has 1 unspecified atom stereocenters. The van der Waals surface area contributed by atoms with Gasteiger partial charge in [-0.15, -0.1) is 11.3 Å². The van der Waals surface area contributed by atoms with Gasteiger partial charge in [-0.25, -0.2) is 0 Å². The van der Waals surface area contributed by atoms with Gasteiger partial charge >= 0.3 is 0 Å². The molecule has 0 spiro atoms. The van der Waals surface area contributed by atoms with Crippen LogP contribution in [0.2, 0.25) is 0 Å². The summed E-state index contributed by atoms with van der Waals surface area (Å²) in [5.74, 6) is 0.498. The van der Waals surface area contributed by atoms with Crippen molar-refractivity contribution >= 4 is 23.2 Å². The van der Waals surface area contributed by atoms with E-state index in [-0.39, 0.29) is 5.91 Å². The van der Waals surface area contributed by atoms with Gasteiger partial charge in [0.05, 0.1) is 12.2 Å². The van der Waals surface area contributed by atoms with E-state index >= 15 is 0 Å². The Morgan fingerprint density at radius 1 is 1.12 bits per heavy atom. The predicted molar refractivity (Wildman–Crippen MR) is 97.1 cm³/mol. The first-order chi connectivity index (χ1) is 11.9. The zero-order valence-electron chi connectivity index (χ0n) is 14.7. The van der Waals surface area contributed by atoms with Crippen LogP contribution in [0.4, 0.5) is 0 Å². The van der Waals surface area contributed by atoms with Crippen LogP contribution in [0.3, 0.4) is 0 Å². The Labute approximate surface area is 151 Å². The number of carbonyl (C=O) groups is 2. The number of rotatable bonds is 6. The molecule has 0 saturated heterocycles. The Bertz CT molecular complexity index is 740. The quantitative estimate of drug-likeness (QED) is 0.775. The SMILES string of the molecule is CCOc1ccc(OC(C)C(=O)NNC(=O)c2cc(C)sc2C)cc1. The van der Waals surface area contributed by atoms with Crippen molar-refractivity contribution in [3.05, 3.63) is 45.6 Å². The molecule has 0 radical (unpaired) electrons. The number of thiophene rings is 1. The number of hydrogen-bond acceptors (Lipinski definition) is 5. The number of amides is 2. The summed E-state index contributed by atoms with van der Waals surface area (Å²) in [7, 11) is 0. The molecule has 2 aromatic rings. The second kappa shape index (κ2) is 8.53. The zero-order chi connectivity index (χ0) is 18.4. The van der Waals surface area contributed by atoms with E-state index in [1.165, 1.54) is 11.3 Å². The maximum absolute atomic E-state index is 12.1.